The van der Waals surface area contributed by atoms with E-state index in [9.17, 15) is 9.59 Å². The van der Waals surface area contributed by atoms with Crippen LogP contribution in [0.4, 0.5) is 11.4 Å². The molecule has 0 aromatic heterocycles. The zero-order valence-corrected chi connectivity index (χ0v) is 8.49. The minimum Gasteiger partial charge on any atom is -0.301 e. The fraction of sp³-hybridized carbons (Fsp3) is 0.200. The fourth-order valence-electron chi connectivity index (χ4n) is 1.54. The first kappa shape index (κ1) is 8.73. The average Bonchev–Trinajstić information content (AvgIpc) is 3.04. The highest BCUT2D eigenvalue weighted by molar-refractivity contribution is 6.31. The Hall–Kier alpha value is -1.55. The number of halogens is 1. The lowest BCUT2D eigenvalue weighted by Gasteiger charge is -2.06. The Morgan fingerprint density at radius 1 is 0.933 bits per heavy atom. The average molecular weight is 223 g/mol. The van der Waals surface area contributed by atoms with Crippen LogP contribution < -0.4 is 9.80 Å². The summed E-state index contributed by atoms with van der Waals surface area (Å²) in [5.41, 5.74) is 1.53. The number of anilines is 2. The Kier molecular flexibility index (Phi) is 1.59. The van der Waals surface area contributed by atoms with Gasteiger partial charge in [0.1, 0.15) is 13.1 Å². The molecule has 0 aliphatic carbocycles. The van der Waals surface area contributed by atoms with E-state index in [-0.39, 0.29) is 11.8 Å². The molecule has 15 heavy (non-hydrogen) atoms. The third-order valence-corrected chi connectivity index (χ3v) is 2.69. The quantitative estimate of drug-likeness (QED) is 0.702. The van der Waals surface area contributed by atoms with Crippen molar-refractivity contribution in [2.24, 2.45) is 0 Å². The van der Waals surface area contributed by atoms with Crippen molar-refractivity contribution in [3.05, 3.63) is 23.2 Å². The van der Waals surface area contributed by atoms with Crippen molar-refractivity contribution in [3.8, 4) is 0 Å². The molecular weight excluding hydrogens is 216 g/mol. The second-order valence-corrected chi connectivity index (χ2v) is 4.06. The smallest absolute Gasteiger partial charge is 0.247 e. The molecule has 76 valence electrons. The van der Waals surface area contributed by atoms with E-state index < -0.39 is 0 Å². The van der Waals surface area contributed by atoms with Crippen molar-refractivity contribution in [1.29, 1.82) is 0 Å². The van der Waals surface area contributed by atoms with Gasteiger partial charge in [-0.25, -0.2) is 0 Å². The summed E-state index contributed by atoms with van der Waals surface area (Å²) in [5.74, 6) is 0.167. The fourth-order valence-corrected chi connectivity index (χ4v) is 1.76. The highest BCUT2D eigenvalue weighted by atomic mass is 35.5. The van der Waals surface area contributed by atoms with E-state index in [1.807, 2.05) is 6.07 Å². The summed E-state index contributed by atoms with van der Waals surface area (Å²) in [7, 11) is 0. The Labute approximate surface area is 91.0 Å². The second-order valence-electron chi connectivity index (χ2n) is 3.63. The van der Waals surface area contributed by atoms with E-state index in [1.54, 1.807) is 21.9 Å². The summed E-state index contributed by atoms with van der Waals surface area (Å²) in [5, 5.41) is 0.543. The number of rotatable bonds is 2. The molecule has 0 radical (unpaired) electrons. The lowest BCUT2D eigenvalue weighted by Crippen LogP contribution is -1.98. The topological polar surface area (TPSA) is 40.2 Å². The first-order valence-electron chi connectivity index (χ1n) is 4.56. The van der Waals surface area contributed by atoms with E-state index >= 15 is 0 Å². The lowest BCUT2D eigenvalue weighted by atomic mass is 10.2. The second kappa shape index (κ2) is 2.73. The molecule has 0 atom stereocenters. The maximum absolute atomic E-state index is 11.0. The summed E-state index contributed by atoms with van der Waals surface area (Å²) >= 11 is 5.91. The van der Waals surface area contributed by atoms with Crippen molar-refractivity contribution in [2.45, 2.75) is 0 Å². The highest BCUT2D eigenvalue weighted by Gasteiger charge is 2.35. The SMILES string of the molecule is O=C1CN1c1cc(Cl)cc(N2CC2=O)c1. The number of carbonyl (C=O) groups excluding carboxylic acids is 2. The van der Waals surface area contributed by atoms with Gasteiger partial charge in [-0.1, -0.05) is 11.6 Å². The van der Waals surface area contributed by atoms with E-state index in [2.05, 4.69) is 0 Å². The number of hydrogen-bond acceptors (Lipinski definition) is 2. The maximum Gasteiger partial charge on any atom is 0.247 e. The Morgan fingerprint density at radius 3 is 1.67 bits per heavy atom. The van der Waals surface area contributed by atoms with E-state index in [1.165, 1.54) is 0 Å². The molecule has 1 aromatic carbocycles. The highest BCUT2D eigenvalue weighted by Crippen LogP contribution is 2.33. The predicted octanol–water partition coefficient (Wildman–Crippen LogP) is 1.03. The first-order chi connectivity index (χ1) is 7.15. The molecule has 2 aliphatic rings. The van der Waals surface area contributed by atoms with Gasteiger partial charge in [0.15, 0.2) is 0 Å². The van der Waals surface area contributed by atoms with E-state index in [0.29, 0.717) is 18.1 Å². The predicted molar refractivity (Wildman–Crippen MR) is 56.2 cm³/mol. The van der Waals surface area contributed by atoms with Gasteiger partial charge in [0, 0.05) is 16.4 Å². The maximum atomic E-state index is 11.0. The Bertz CT molecular complexity index is 446. The largest absolute Gasteiger partial charge is 0.301 e. The molecule has 1 aromatic rings. The van der Waals surface area contributed by atoms with Crippen molar-refractivity contribution in [1.82, 2.24) is 0 Å². The summed E-state index contributed by atoms with van der Waals surface area (Å²) in [6, 6.07) is 5.26. The number of nitrogens with zero attached hydrogens (tertiary/aromatic N) is 2. The standard InChI is InChI=1S/C10H7ClN2O2/c11-6-1-7(12-4-9(12)14)3-8(2-6)13-5-10(13)15/h1-3H,4-5H2. The molecule has 3 rings (SSSR count). The summed E-state index contributed by atoms with van der Waals surface area (Å²) in [6.45, 7) is 0.876. The Balaban J connectivity index is 1.98. The molecule has 2 fully saturated rings. The van der Waals surface area contributed by atoms with Crippen LogP contribution >= 0.6 is 11.6 Å². The van der Waals surface area contributed by atoms with Crippen molar-refractivity contribution < 1.29 is 9.59 Å². The van der Waals surface area contributed by atoms with Crippen molar-refractivity contribution >= 4 is 34.8 Å². The summed E-state index contributed by atoms with van der Waals surface area (Å²) in [6.07, 6.45) is 0. The molecule has 0 saturated carbocycles. The molecule has 5 heteroatoms. The van der Waals surface area contributed by atoms with Crippen LogP contribution in [0.2, 0.25) is 5.02 Å². The van der Waals surface area contributed by atoms with Crippen LogP contribution in [-0.2, 0) is 9.59 Å². The normalized spacial score (nSPS) is 18.5. The summed E-state index contributed by atoms with van der Waals surface area (Å²) < 4.78 is 0. The molecule has 0 N–H and O–H groups in total. The van der Waals surface area contributed by atoms with Crippen LogP contribution in [0.25, 0.3) is 0 Å². The molecule has 2 aliphatic heterocycles. The third-order valence-electron chi connectivity index (χ3n) is 2.47. The minimum absolute atomic E-state index is 0.0836. The lowest BCUT2D eigenvalue weighted by molar-refractivity contribution is -0.110. The molecular formula is C10H7ClN2O2. The van der Waals surface area contributed by atoms with Gasteiger partial charge < -0.3 is 9.80 Å². The van der Waals surface area contributed by atoms with E-state index in [0.717, 1.165) is 11.4 Å². The van der Waals surface area contributed by atoms with Gasteiger partial charge in [0.05, 0.1) is 0 Å². The van der Waals surface area contributed by atoms with Gasteiger partial charge >= 0.3 is 0 Å². The van der Waals surface area contributed by atoms with Gasteiger partial charge in [0.2, 0.25) is 11.8 Å². The molecule has 2 amide bonds. The monoisotopic (exact) mass is 222 g/mol. The first-order valence-corrected chi connectivity index (χ1v) is 4.94. The van der Waals surface area contributed by atoms with Crippen LogP contribution in [0, 0.1) is 0 Å². The third kappa shape index (κ3) is 1.47. The molecule has 0 unspecified atom stereocenters. The molecule has 0 bridgehead atoms. The van der Waals surface area contributed by atoms with Crippen LogP contribution in [0.5, 0.6) is 0 Å². The van der Waals surface area contributed by atoms with Gasteiger partial charge in [-0.2, -0.15) is 0 Å². The van der Waals surface area contributed by atoms with Gasteiger partial charge in [-0.05, 0) is 18.2 Å². The molecule has 0 spiro atoms. The molecule has 2 saturated heterocycles. The number of carbonyl (C=O) groups is 2. The van der Waals surface area contributed by atoms with Gasteiger partial charge in [-0.15, -0.1) is 0 Å². The van der Waals surface area contributed by atoms with E-state index in [4.69, 9.17) is 11.6 Å². The van der Waals surface area contributed by atoms with Crippen LogP contribution in [0.15, 0.2) is 18.2 Å². The zero-order chi connectivity index (χ0) is 10.6. The van der Waals surface area contributed by atoms with Crippen LogP contribution in [0.1, 0.15) is 0 Å². The van der Waals surface area contributed by atoms with Crippen LogP contribution in [-0.4, -0.2) is 24.9 Å². The Morgan fingerprint density at radius 2 is 1.33 bits per heavy atom. The zero-order valence-electron chi connectivity index (χ0n) is 7.74. The van der Waals surface area contributed by atoms with Gasteiger partial charge in [-0.3, -0.25) is 9.59 Å². The molecule has 4 nitrogen and oxygen atoms in total. The number of benzene rings is 1. The number of hydrogen-bond donors (Lipinski definition) is 0. The minimum atomic E-state index is 0.0836. The van der Waals surface area contributed by atoms with Crippen molar-refractivity contribution in [2.75, 3.05) is 22.9 Å². The van der Waals surface area contributed by atoms with Gasteiger partial charge in [0.25, 0.3) is 0 Å². The summed E-state index contributed by atoms with van der Waals surface area (Å²) in [4.78, 5) is 25.2. The number of amides is 2. The van der Waals surface area contributed by atoms with Crippen LogP contribution in [0.3, 0.4) is 0 Å². The van der Waals surface area contributed by atoms with Crippen molar-refractivity contribution in [3.63, 3.8) is 0 Å². The molecule has 2 heterocycles.